The fraction of sp³-hybridized carbons (Fsp3) is 0.615. The summed E-state index contributed by atoms with van der Waals surface area (Å²) < 4.78 is 0. The second kappa shape index (κ2) is 7.36. The predicted molar refractivity (Wildman–Crippen MR) is 66.1 cm³/mol. The van der Waals surface area contributed by atoms with Gasteiger partial charge in [0.25, 0.3) is 0 Å². The summed E-state index contributed by atoms with van der Waals surface area (Å²) in [6.07, 6.45) is 4.79. The lowest BCUT2D eigenvalue weighted by Gasteiger charge is -2.16. The van der Waals surface area contributed by atoms with Crippen LogP contribution in [0.25, 0.3) is 0 Å². The fourth-order valence-corrected chi connectivity index (χ4v) is 1.67. The van der Waals surface area contributed by atoms with Crippen LogP contribution in [0.2, 0.25) is 0 Å². The molecule has 1 aromatic heterocycles. The number of hydrogen-bond donors (Lipinski definition) is 1. The number of pyridine rings is 1. The van der Waals surface area contributed by atoms with Crippen LogP contribution in [0.3, 0.4) is 0 Å². The van der Waals surface area contributed by atoms with Gasteiger partial charge in [-0.2, -0.15) is 0 Å². The summed E-state index contributed by atoms with van der Waals surface area (Å²) in [6.45, 7) is 3.80. The Kier molecular flexibility index (Phi) is 6.04. The SMILES string of the molecule is CC(O)CCCCN(C)Cc1ccccn1. The Labute approximate surface area is 98.1 Å². The van der Waals surface area contributed by atoms with Gasteiger partial charge in [0.2, 0.25) is 0 Å². The van der Waals surface area contributed by atoms with Gasteiger partial charge >= 0.3 is 0 Å². The minimum Gasteiger partial charge on any atom is -0.393 e. The van der Waals surface area contributed by atoms with E-state index in [1.807, 2.05) is 31.3 Å². The maximum atomic E-state index is 9.13. The van der Waals surface area contributed by atoms with Crippen LogP contribution in [0.5, 0.6) is 0 Å². The molecule has 90 valence electrons. The van der Waals surface area contributed by atoms with Crippen LogP contribution in [0.4, 0.5) is 0 Å². The van der Waals surface area contributed by atoms with Gasteiger partial charge in [-0.25, -0.2) is 0 Å². The summed E-state index contributed by atoms with van der Waals surface area (Å²) in [5.74, 6) is 0. The lowest BCUT2D eigenvalue weighted by Crippen LogP contribution is -2.19. The highest BCUT2D eigenvalue weighted by Gasteiger charge is 2.01. The maximum absolute atomic E-state index is 9.13. The second-order valence-corrected chi connectivity index (χ2v) is 4.40. The molecule has 0 aliphatic rings. The van der Waals surface area contributed by atoms with Crippen LogP contribution < -0.4 is 0 Å². The van der Waals surface area contributed by atoms with Crippen molar-refractivity contribution in [1.82, 2.24) is 9.88 Å². The van der Waals surface area contributed by atoms with Gasteiger partial charge in [-0.1, -0.05) is 6.07 Å². The summed E-state index contributed by atoms with van der Waals surface area (Å²) in [5, 5.41) is 9.13. The molecule has 0 radical (unpaired) electrons. The number of nitrogens with zero attached hydrogens (tertiary/aromatic N) is 2. The first kappa shape index (κ1) is 13.1. The Bertz CT molecular complexity index is 275. The molecule has 3 nitrogen and oxygen atoms in total. The Morgan fingerprint density at radius 1 is 1.38 bits per heavy atom. The van der Waals surface area contributed by atoms with Gasteiger partial charge in [-0.05, 0) is 51.9 Å². The highest BCUT2D eigenvalue weighted by molar-refractivity contribution is 5.02. The van der Waals surface area contributed by atoms with E-state index in [1.165, 1.54) is 0 Å². The van der Waals surface area contributed by atoms with Crippen molar-refractivity contribution in [2.75, 3.05) is 13.6 Å². The first-order valence-corrected chi connectivity index (χ1v) is 5.95. The van der Waals surface area contributed by atoms with E-state index in [0.717, 1.165) is 38.0 Å². The van der Waals surface area contributed by atoms with Crippen LogP contribution in [-0.4, -0.2) is 34.7 Å². The number of hydrogen-bond acceptors (Lipinski definition) is 3. The van der Waals surface area contributed by atoms with E-state index in [1.54, 1.807) is 0 Å². The van der Waals surface area contributed by atoms with E-state index in [4.69, 9.17) is 5.11 Å². The summed E-state index contributed by atoms with van der Waals surface area (Å²) >= 11 is 0. The largest absolute Gasteiger partial charge is 0.393 e. The van der Waals surface area contributed by atoms with Crippen molar-refractivity contribution in [2.45, 2.75) is 38.8 Å². The number of aromatic nitrogens is 1. The monoisotopic (exact) mass is 222 g/mol. The van der Waals surface area contributed by atoms with Crippen molar-refractivity contribution in [3.8, 4) is 0 Å². The molecule has 1 unspecified atom stereocenters. The van der Waals surface area contributed by atoms with Crippen LogP contribution in [0, 0.1) is 0 Å². The van der Waals surface area contributed by atoms with E-state index >= 15 is 0 Å². The minimum atomic E-state index is -0.166. The molecular weight excluding hydrogens is 200 g/mol. The molecule has 0 saturated heterocycles. The predicted octanol–water partition coefficient (Wildman–Crippen LogP) is 2.06. The molecule has 0 aromatic carbocycles. The Balaban J connectivity index is 2.14. The molecule has 1 N–H and O–H groups in total. The van der Waals surface area contributed by atoms with Gasteiger partial charge in [-0.15, -0.1) is 0 Å². The van der Waals surface area contributed by atoms with Crippen molar-refractivity contribution in [3.05, 3.63) is 30.1 Å². The Morgan fingerprint density at radius 3 is 2.81 bits per heavy atom. The first-order valence-electron chi connectivity index (χ1n) is 5.95. The van der Waals surface area contributed by atoms with E-state index in [2.05, 4.69) is 16.9 Å². The van der Waals surface area contributed by atoms with Crippen LogP contribution in [0.15, 0.2) is 24.4 Å². The lowest BCUT2D eigenvalue weighted by atomic mass is 10.1. The smallest absolute Gasteiger partial charge is 0.0543 e. The van der Waals surface area contributed by atoms with Crippen molar-refractivity contribution >= 4 is 0 Å². The van der Waals surface area contributed by atoms with Crippen molar-refractivity contribution in [3.63, 3.8) is 0 Å². The third-order valence-electron chi connectivity index (χ3n) is 2.57. The van der Waals surface area contributed by atoms with E-state index in [-0.39, 0.29) is 6.10 Å². The average Bonchev–Trinajstić information content (AvgIpc) is 2.25. The molecule has 0 aliphatic carbocycles. The van der Waals surface area contributed by atoms with Gasteiger partial charge < -0.3 is 10.0 Å². The van der Waals surface area contributed by atoms with E-state index < -0.39 is 0 Å². The van der Waals surface area contributed by atoms with Crippen LogP contribution >= 0.6 is 0 Å². The van der Waals surface area contributed by atoms with Gasteiger partial charge in [0.15, 0.2) is 0 Å². The minimum absolute atomic E-state index is 0.166. The van der Waals surface area contributed by atoms with E-state index in [0.29, 0.717) is 0 Å². The normalized spacial score (nSPS) is 13.0. The van der Waals surface area contributed by atoms with Gasteiger partial charge in [0.1, 0.15) is 0 Å². The third kappa shape index (κ3) is 5.83. The van der Waals surface area contributed by atoms with Crippen molar-refractivity contribution in [2.24, 2.45) is 0 Å². The highest BCUT2D eigenvalue weighted by atomic mass is 16.3. The maximum Gasteiger partial charge on any atom is 0.0543 e. The molecule has 0 fully saturated rings. The highest BCUT2D eigenvalue weighted by Crippen LogP contribution is 2.03. The molecule has 0 bridgehead atoms. The fourth-order valence-electron chi connectivity index (χ4n) is 1.67. The van der Waals surface area contributed by atoms with Gasteiger partial charge in [0, 0.05) is 12.7 Å². The zero-order valence-corrected chi connectivity index (χ0v) is 10.3. The number of aliphatic hydroxyl groups excluding tert-OH is 1. The Hall–Kier alpha value is -0.930. The van der Waals surface area contributed by atoms with Crippen LogP contribution in [-0.2, 0) is 6.54 Å². The van der Waals surface area contributed by atoms with Gasteiger partial charge in [-0.3, -0.25) is 4.98 Å². The summed E-state index contributed by atoms with van der Waals surface area (Å²) in [6, 6.07) is 6.00. The molecular formula is C13H22N2O. The zero-order valence-electron chi connectivity index (χ0n) is 10.3. The first-order chi connectivity index (χ1) is 7.68. The summed E-state index contributed by atoms with van der Waals surface area (Å²) in [4.78, 5) is 6.56. The lowest BCUT2D eigenvalue weighted by molar-refractivity contribution is 0.178. The van der Waals surface area contributed by atoms with Crippen LogP contribution in [0.1, 0.15) is 31.9 Å². The molecule has 0 aliphatic heterocycles. The third-order valence-corrected chi connectivity index (χ3v) is 2.57. The van der Waals surface area contributed by atoms with Crippen molar-refractivity contribution < 1.29 is 5.11 Å². The standard InChI is InChI=1S/C13H22N2O/c1-12(16)7-4-6-10-15(2)11-13-8-3-5-9-14-13/h3,5,8-9,12,16H,4,6-7,10-11H2,1-2H3. The second-order valence-electron chi connectivity index (χ2n) is 4.40. The Morgan fingerprint density at radius 2 is 2.19 bits per heavy atom. The van der Waals surface area contributed by atoms with E-state index in [9.17, 15) is 0 Å². The molecule has 1 rings (SSSR count). The molecule has 3 heteroatoms. The number of unbranched alkanes of at least 4 members (excludes halogenated alkanes) is 1. The number of aliphatic hydroxyl groups is 1. The molecule has 1 atom stereocenters. The summed E-state index contributed by atoms with van der Waals surface area (Å²) in [5.41, 5.74) is 1.11. The molecule has 0 spiro atoms. The summed E-state index contributed by atoms with van der Waals surface area (Å²) in [7, 11) is 2.11. The van der Waals surface area contributed by atoms with Gasteiger partial charge in [0.05, 0.1) is 11.8 Å². The molecule has 1 heterocycles. The average molecular weight is 222 g/mol. The zero-order chi connectivity index (χ0) is 11.8. The molecule has 16 heavy (non-hydrogen) atoms. The quantitative estimate of drug-likeness (QED) is 0.717. The molecule has 0 amide bonds. The molecule has 0 saturated carbocycles. The molecule has 1 aromatic rings. The topological polar surface area (TPSA) is 36.4 Å². The van der Waals surface area contributed by atoms with Crippen molar-refractivity contribution in [1.29, 1.82) is 0 Å². The number of rotatable bonds is 7.